The Labute approximate surface area is 153 Å². The van der Waals surface area contributed by atoms with E-state index in [0.29, 0.717) is 18.9 Å². The van der Waals surface area contributed by atoms with Crippen molar-refractivity contribution in [2.24, 2.45) is 5.73 Å². The van der Waals surface area contributed by atoms with Gasteiger partial charge in [-0.3, -0.25) is 0 Å². The number of esters is 1. The smallest absolute Gasteiger partial charge is 0.328 e. The second-order valence-corrected chi connectivity index (χ2v) is 7.07. The van der Waals surface area contributed by atoms with Crippen molar-refractivity contribution in [1.82, 2.24) is 15.2 Å². The lowest BCUT2D eigenvalue weighted by atomic mass is 10.1. The van der Waals surface area contributed by atoms with Gasteiger partial charge in [0.2, 0.25) is 0 Å². The number of aromatic nitrogens is 1. The quantitative estimate of drug-likeness (QED) is 0.617. The molecule has 3 N–H and O–H groups in total. The Balaban J connectivity index is 2.59. The summed E-state index contributed by atoms with van der Waals surface area (Å²) in [5, 5.41) is 5.74. The number of amides is 2. The van der Waals surface area contributed by atoms with Crippen LogP contribution in [0.5, 0.6) is 0 Å². The summed E-state index contributed by atoms with van der Waals surface area (Å²) in [6, 6.07) is -1.08. The summed E-state index contributed by atoms with van der Waals surface area (Å²) in [6.07, 6.45) is 3.83. The van der Waals surface area contributed by atoms with Crippen LogP contribution in [0, 0.1) is 0 Å². The highest BCUT2D eigenvalue weighted by molar-refractivity contribution is 7.09. The number of nitrogens with two attached hydrogens (primary N) is 1. The summed E-state index contributed by atoms with van der Waals surface area (Å²) in [6.45, 7) is 5.04. The van der Waals surface area contributed by atoms with Crippen LogP contribution in [-0.2, 0) is 16.1 Å². The van der Waals surface area contributed by atoms with Gasteiger partial charge in [0.05, 0.1) is 24.4 Å². The fraction of sp³-hybridized carbons (Fsp3) is 0.706. The zero-order chi connectivity index (χ0) is 18.8. The lowest BCUT2D eigenvalue weighted by Gasteiger charge is -2.21. The second-order valence-electron chi connectivity index (χ2n) is 6.18. The maximum absolute atomic E-state index is 12.3. The molecule has 0 aliphatic carbocycles. The van der Waals surface area contributed by atoms with E-state index < -0.39 is 12.0 Å². The standard InChI is InChI=1S/C17H30N4O3S/c1-5-6-7-12(2)15-19-13(11-25-15)10-21(3)17(23)20-14(8-9-18)16(22)24-4/h11-12,14H,5-10,18H2,1-4H3,(H,20,23)/t12?,14-/m0/s1. The highest BCUT2D eigenvalue weighted by atomic mass is 32.1. The Morgan fingerprint density at radius 3 is 2.76 bits per heavy atom. The van der Waals surface area contributed by atoms with E-state index in [1.54, 1.807) is 18.4 Å². The molecule has 2 amide bonds. The SMILES string of the molecule is CCCCC(C)c1nc(CN(C)C(=O)N[C@@H](CCN)C(=O)OC)cs1. The monoisotopic (exact) mass is 370 g/mol. The van der Waals surface area contributed by atoms with Crippen molar-refractivity contribution in [1.29, 1.82) is 0 Å². The van der Waals surface area contributed by atoms with Gasteiger partial charge in [0.1, 0.15) is 6.04 Å². The van der Waals surface area contributed by atoms with E-state index in [1.165, 1.54) is 24.9 Å². The number of nitrogens with one attached hydrogen (secondary N) is 1. The molecule has 1 unspecified atom stereocenters. The van der Waals surface area contributed by atoms with Gasteiger partial charge in [-0.05, 0) is 19.4 Å². The van der Waals surface area contributed by atoms with Gasteiger partial charge in [-0.2, -0.15) is 0 Å². The molecule has 1 rings (SSSR count). The zero-order valence-electron chi connectivity index (χ0n) is 15.6. The van der Waals surface area contributed by atoms with Crippen molar-refractivity contribution in [3.63, 3.8) is 0 Å². The normalized spacial score (nSPS) is 13.2. The molecule has 1 aromatic heterocycles. The van der Waals surface area contributed by atoms with E-state index in [9.17, 15) is 9.59 Å². The Bertz CT molecular complexity index is 550. The van der Waals surface area contributed by atoms with Crippen LogP contribution in [0.25, 0.3) is 0 Å². The van der Waals surface area contributed by atoms with Gasteiger partial charge in [-0.1, -0.05) is 26.7 Å². The third-order valence-electron chi connectivity index (χ3n) is 3.97. The minimum atomic E-state index is -0.731. The Morgan fingerprint density at radius 1 is 1.44 bits per heavy atom. The number of carbonyl (C=O) groups is 2. The van der Waals surface area contributed by atoms with Crippen LogP contribution in [0.3, 0.4) is 0 Å². The minimum absolute atomic E-state index is 0.287. The number of methoxy groups -OCH3 is 1. The topological polar surface area (TPSA) is 97.5 Å². The predicted octanol–water partition coefficient (Wildman–Crippen LogP) is 2.47. The molecule has 25 heavy (non-hydrogen) atoms. The number of rotatable bonds is 10. The molecule has 0 bridgehead atoms. The minimum Gasteiger partial charge on any atom is -0.467 e. The lowest BCUT2D eigenvalue weighted by molar-refractivity contribution is -0.143. The number of urea groups is 1. The van der Waals surface area contributed by atoms with Crippen LogP contribution < -0.4 is 11.1 Å². The van der Waals surface area contributed by atoms with E-state index in [2.05, 4.69) is 28.9 Å². The average molecular weight is 371 g/mol. The van der Waals surface area contributed by atoms with Gasteiger partial charge >= 0.3 is 12.0 Å². The third kappa shape index (κ3) is 6.99. The summed E-state index contributed by atoms with van der Waals surface area (Å²) in [5.41, 5.74) is 6.34. The maximum atomic E-state index is 12.3. The van der Waals surface area contributed by atoms with E-state index in [-0.39, 0.29) is 12.6 Å². The molecule has 0 spiro atoms. The van der Waals surface area contributed by atoms with Gasteiger partial charge in [-0.15, -0.1) is 11.3 Å². The molecule has 0 aliphatic rings. The summed E-state index contributed by atoms with van der Waals surface area (Å²) >= 11 is 1.63. The van der Waals surface area contributed by atoms with E-state index in [1.807, 2.05) is 5.38 Å². The van der Waals surface area contributed by atoms with Gasteiger partial charge in [0.15, 0.2) is 0 Å². The summed E-state index contributed by atoms with van der Waals surface area (Å²) in [4.78, 5) is 30.1. The Morgan fingerprint density at radius 2 is 2.16 bits per heavy atom. The van der Waals surface area contributed by atoms with Gasteiger partial charge in [0.25, 0.3) is 0 Å². The number of hydrogen-bond donors (Lipinski definition) is 2. The Hall–Kier alpha value is -1.67. The molecule has 0 saturated carbocycles. The van der Waals surface area contributed by atoms with Crippen LogP contribution in [0.2, 0.25) is 0 Å². The van der Waals surface area contributed by atoms with Crippen molar-refractivity contribution in [3.8, 4) is 0 Å². The summed E-state index contributed by atoms with van der Waals surface area (Å²) in [7, 11) is 2.96. The first-order valence-corrected chi connectivity index (χ1v) is 9.54. The molecule has 8 heteroatoms. The van der Waals surface area contributed by atoms with Crippen LogP contribution in [0.15, 0.2) is 5.38 Å². The predicted molar refractivity (Wildman–Crippen MR) is 99.5 cm³/mol. The molecule has 1 aromatic rings. The molecule has 7 nitrogen and oxygen atoms in total. The highest BCUT2D eigenvalue weighted by Crippen LogP contribution is 2.25. The maximum Gasteiger partial charge on any atom is 0.328 e. The van der Waals surface area contributed by atoms with E-state index in [0.717, 1.165) is 17.1 Å². The van der Waals surface area contributed by atoms with Crippen molar-refractivity contribution in [3.05, 3.63) is 16.1 Å². The number of ether oxygens (including phenoxy) is 1. The van der Waals surface area contributed by atoms with Crippen molar-refractivity contribution in [2.75, 3.05) is 20.7 Å². The lowest BCUT2D eigenvalue weighted by Crippen LogP contribution is -2.47. The van der Waals surface area contributed by atoms with Gasteiger partial charge < -0.3 is 20.7 Å². The first kappa shape index (κ1) is 21.4. The highest BCUT2D eigenvalue weighted by Gasteiger charge is 2.22. The summed E-state index contributed by atoms with van der Waals surface area (Å²) in [5.74, 6) is -0.0565. The van der Waals surface area contributed by atoms with Crippen LogP contribution >= 0.6 is 11.3 Å². The number of nitrogens with zero attached hydrogens (tertiary/aromatic N) is 2. The molecule has 0 radical (unpaired) electrons. The molecule has 142 valence electrons. The largest absolute Gasteiger partial charge is 0.467 e. The first-order valence-electron chi connectivity index (χ1n) is 8.66. The number of thiazole rings is 1. The van der Waals surface area contributed by atoms with Crippen molar-refractivity contribution >= 4 is 23.3 Å². The van der Waals surface area contributed by atoms with Crippen molar-refractivity contribution < 1.29 is 14.3 Å². The molecule has 0 aliphatic heterocycles. The molecular weight excluding hydrogens is 340 g/mol. The van der Waals surface area contributed by atoms with Gasteiger partial charge in [-0.25, -0.2) is 14.6 Å². The van der Waals surface area contributed by atoms with Crippen LogP contribution in [0.4, 0.5) is 4.79 Å². The Kier molecular flexibility index (Phi) is 9.44. The van der Waals surface area contributed by atoms with E-state index >= 15 is 0 Å². The number of unbranched alkanes of at least 4 members (excludes halogenated alkanes) is 1. The van der Waals surface area contributed by atoms with Gasteiger partial charge in [0, 0.05) is 18.3 Å². The number of carbonyl (C=O) groups excluding carboxylic acids is 2. The van der Waals surface area contributed by atoms with Crippen LogP contribution in [-0.4, -0.2) is 48.6 Å². The number of hydrogen-bond acceptors (Lipinski definition) is 6. The first-order chi connectivity index (χ1) is 11.9. The molecule has 1 heterocycles. The molecule has 2 atom stereocenters. The molecule has 0 saturated heterocycles. The fourth-order valence-corrected chi connectivity index (χ4v) is 3.29. The molecule has 0 aromatic carbocycles. The zero-order valence-corrected chi connectivity index (χ0v) is 16.4. The van der Waals surface area contributed by atoms with E-state index in [4.69, 9.17) is 5.73 Å². The summed E-state index contributed by atoms with van der Waals surface area (Å²) < 4.78 is 4.69. The average Bonchev–Trinajstić information content (AvgIpc) is 3.06. The second kappa shape index (κ2) is 11.0. The molecular formula is C17H30N4O3S. The molecule has 0 fully saturated rings. The van der Waals surface area contributed by atoms with Crippen LogP contribution in [0.1, 0.15) is 56.2 Å². The fourth-order valence-electron chi connectivity index (χ4n) is 2.39. The third-order valence-corrected chi connectivity index (χ3v) is 5.09. The van der Waals surface area contributed by atoms with Crippen molar-refractivity contribution in [2.45, 2.75) is 58.0 Å².